The molecular formula is C13H22N2O2S. The molecule has 0 spiro atoms. The molecule has 4 nitrogen and oxygen atoms in total. The van der Waals surface area contributed by atoms with Gasteiger partial charge in [0.05, 0.1) is 4.99 Å². The van der Waals surface area contributed by atoms with Gasteiger partial charge in [-0.05, 0) is 32.1 Å². The molecule has 5 heteroatoms. The first-order chi connectivity index (χ1) is 8.53. The number of nitrogens with two attached hydrogens (primary N) is 1. The van der Waals surface area contributed by atoms with Crippen LogP contribution in [-0.2, 0) is 9.53 Å². The number of hydrogen-bond donors (Lipinski definition) is 1. The standard InChI is InChI=1S/C13H22N2O2S/c1-13(12(14)18)5-7-15(8-6-13)11(16)10-4-2-3-9-17-10/h10H,2-9H2,1H3,(H2,14,18). The fraction of sp³-hybridized carbons (Fsp3) is 0.846. The topological polar surface area (TPSA) is 55.6 Å². The van der Waals surface area contributed by atoms with E-state index in [-0.39, 0.29) is 17.4 Å². The largest absolute Gasteiger partial charge is 0.393 e. The maximum atomic E-state index is 12.3. The lowest BCUT2D eigenvalue weighted by Gasteiger charge is -2.40. The van der Waals surface area contributed by atoms with Crippen molar-refractivity contribution in [1.82, 2.24) is 4.90 Å². The van der Waals surface area contributed by atoms with Gasteiger partial charge in [-0.3, -0.25) is 4.79 Å². The molecule has 2 rings (SSSR count). The van der Waals surface area contributed by atoms with Crippen molar-refractivity contribution in [2.45, 2.75) is 45.1 Å². The zero-order valence-corrected chi connectivity index (χ0v) is 11.8. The number of nitrogens with zero attached hydrogens (tertiary/aromatic N) is 1. The van der Waals surface area contributed by atoms with Gasteiger partial charge in [0.15, 0.2) is 0 Å². The predicted octanol–water partition coefficient (Wildman–Crippen LogP) is 1.47. The van der Waals surface area contributed by atoms with Crippen LogP contribution in [0, 0.1) is 5.41 Å². The molecule has 0 saturated carbocycles. The Kier molecular flexibility index (Phi) is 4.22. The van der Waals surface area contributed by atoms with Gasteiger partial charge in [-0.15, -0.1) is 0 Å². The van der Waals surface area contributed by atoms with Crippen molar-refractivity contribution in [3.05, 3.63) is 0 Å². The number of carbonyl (C=O) groups is 1. The molecule has 2 N–H and O–H groups in total. The molecule has 0 aromatic carbocycles. The second-order valence-electron chi connectivity index (χ2n) is 5.61. The molecule has 18 heavy (non-hydrogen) atoms. The summed E-state index contributed by atoms with van der Waals surface area (Å²) in [6, 6.07) is 0. The van der Waals surface area contributed by atoms with Gasteiger partial charge in [0.1, 0.15) is 6.10 Å². The van der Waals surface area contributed by atoms with Gasteiger partial charge in [0, 0.05) is 25.1 Å². The van der Waals surface area contributed by atoms with E-state index in [1.54, 1.807) is 0 Å². The summed E-state index contributed by atoms with van der Waals surface area (Å²) in [6.07, 6.45) is 4.54. The minimum absolute atomic E-state index is 0.0838. The number of hydrogen-bond acceptors (Lipinski definition) is 3. The molecule has 102 valence electrons. The van der Waals surface area contributed by atoms with E-state index in [0.29, 0.717) is 4.99 Å². The Morgan fingerprint density at radius 2 is 2.06 bits per heavy atom. The molecule has 2 heterocycles. The molecular weight excluding hydrogens is 248 g/mol. The second-order valence-corrected chi connectivity index (χ2v) is 6.05. The van der Waals surface area contributed by atoms with Crippen LogP contribution in [0.2, 0.25) is 0 Å². The van der Waals surface area contributed by atoms with E-state index in [0.717, 1.165) is 51.8 Å². The molecule has 0 radical (unpaired) electrons. The third kappa shape index (κ3) is 2.83. The van der Waals surface area contributed by atoms with Crippen LogP contribution in [0.15, 0.2) is 0 Å². The smallest absolute Gasteiger partial charge is 0.251 e. The van der Waals surface area contributed by atoms with Gasteiger partial charge in [0.2, 0.25) is 0 Å². The average molecular weight is 270 g/mol. The highest BCUT2D eigenvalue weighted by molar-refractivity contribution is 7.80. The first-order valence-electron chi connectivity index (χ1n) is 6.73. The number of likely N-dealkylation sites (tertiary alicyclic amines) is 1. The Morgan fingerprint density at radius 1 is 1.39 bits per heavy atom. The first-order valence-corrected chi connectivity index (χ1v) is 7.14. The maximum absolute atomic E-state index is 12.3. The second kappa shape index (κ2) is 5.53. The minimum atomic E-state index is -0.215. The summed E-state index contributed by atoms with van der Waals surface area (Å²) in [4.78, 5) is 14.8. The van der Waals surface area contributed by atoms with Gasteiger partial charge in [-0.2, -0.15) is 0 Å². The van der Waals surface area contributed by atoms with Crippen LogP contribution in [0.4, 0.5) is 0 Å². The molecule has 1 unspecified atom stereocenters. The van der Waals surface area contributed by atoms with Gasteiger partial charge in [-0.1, -0.05) is 19.1 Å². The Hall–Kier alpha value is -0.680. The summed E-state index contributed by atoms with van der Waals surface area (Å²) in [5, 5.41) is 0. The highest BCUT2D eigenvalue weighted by atomic mass is 32.1. The third-order valence-corrected chi connectivity index (χ3v) is 4.72. The van der Waals surface area contributed by atoms with Crippen LogP contribution < -0.4 is 5.73 Å². The average Bonchev–Trinajstić information content (AvgIpc) is 2.40. The zero-order valence-electron chi connectivity index (χ0n) is 11.0. The van der Waals surface area contributed by atoms with Crippen LogP contribution in [0.25, 0.3) is 0 Å². The molecule has 0 aliphatic carbocycles. The molecule has 0 aromatic heterocycles. The summed E-state index contributed by atoms with van der Waals surface area (Å²) in [6.45, 7) is 4.29. The molecule has 2 aliphatic heterocycles. The lowest BCUT2D eigenvalue weighted by atomic mass is 9.80. The Bertz CT molecular complexity index is 332. The predicted molar refractivity (Wildman–Crippen MR) is 74.3 cm³/mol. The molecule has 1 amide bonds. The maximum Gasteiger partial charge on any atom is 0.251 e. The SMILES string of the molecule is CC1(C(N)=S)CCN(C(=O)C2CCCCO2)CC1. The Morgan fingerprint density at radius 3 is 2.56 bits per heavy atom. The molecule has 2 fully saturated rings. The quantitative estimate of drug-likeness (QED) is 0.772. The molecule has 1 atom stereocenters. The van der Waals surface area contributed by atoms with E-state index in [1.165, 1.54) is 0 Å². The number of carbonyl (C=O) groups excluding carboxylic acids is 1. The van der Waals surface area contributed by atoms with E-state index in [9.17, 15) is 4.79 Å². The van der Waals surface area contributed by atoms with Crippen molar-refractivity contribution in [3.8, 4) is 0 Å². The molecule has 2 aliphatic rings. The van der Waals surface area contributed by atoms with E-state index in [2.05, 4.69) is 6.92 Å². The van der Waals surface area contributed by atoms with Crippen molar-refractivity contribution in [2.24, 2.45) is 11.1 Å². The number of thiocarbonyl (C=S) groups is 1. The van der Waals surface area contributed by atoms with Crippen LogP contribution in [0.5, 0.6) is 0 Å². The summed E-state index contributed by atoms with van der Waals surface area (Å²) >= 11 is 5.11. The first kappa shape index (κ1) is 13.7. The highest BCUT2D eigenvalue weighted by Gasteiger charge is 2.36. The van der Waals surface area contributed by atoms with Crippen molar-refractivity contribution in [3.63, 3.8) is 0 Å². The Balaban J connectivity index is 1.89. The fourth-order valence-electron chi connectivity index (χ4n) is 2.61. The van der Waals surface area contributed by atoms with E-state index in [4.69, 9.17) is 22.7 Å². The van der Waals surface area contributed by atoms with Crippen molar-refractivity contribution < 1.29 is 9.53 Å². The fourth-order valence-corrected chi connectivity index (χ4v) is 2.81. The number of piperidine rings is 1. The number of amides is 1. The van der Waals surface area contributed by atoms with Gasteiger partial charge in [0.25, 0.3) is 5.91 Å². The normalized spacial score (nSPS) is 27.8. The Labute approximate surface area is 114 Å². The number of ether oxygens (including phenoxy) is 1. The van der Waals surface area contributed by atoms with Gasteiger partial charge in [-0.25, -0.2) is 0 Å². The summed E-state index contributed by atoms with van der Waals surface area (Å²) in [5.41, 5.74) is 5.69. The van der Waals surface area contributed by atoms with E-state index in [1.807, 2.05) is 4.90 Å². The summed E-state index contributed by atoms with van der Waals surface area (Å²) < 4.78 is 5.55. The lowest BCUT2D eigenvalue weighted by Crippen LogP contribution is -2.50. The molecule has 2 saturated heterocycles. The van der Waals surface area contributed by atoms with Crippen LogP contribution in [-0.4, -0.2) is 41.6 Å². The third-order valence-electron chi connectivity index (χ3n) is 4.23. The van der Waals surface area contributed by atoms with E-state index >= 15 is 0 Å². The summed E-state index contributed by atoms with van der Waals surface area (Å²) in [7, 11) is 0. The minimum Gasteiger partial charge on any atom is -0.393 e. The number of rotatable bonds is 2. The van der Waals surface area contributed by atoms with Crippen molar-refractivity contribution in [2.75, 3.05) is 19.7 Å². The highest BCUT2D eigenvalue weighted by Crippen LogP contribution is 2.31. The zero-order chi connectivity index (χ0) is 13.2. The van der Waals surface area contributed by atoms with Crippen LogP contribution >= 0.6 is 12.2 Å². The molecule has 0 aromatic rings. The summed E-state index contributed by atoms with van der Waals surface area (Å²) in [5.74, 6) is 0.152. The van der Waals surface area contributed by atoms with Gasteiger partial charge < -0.3 is 15.4 Å². The van der Waals surface area contributed by atoms with Gasteiger partial charge >= 0.3 is 0 Å². The monoisotopic (exact) mass is 270 g/mol. The van der Waals surface area contributed by atoms with Crippen molar-refractivity contribution in [1.29, 1.82) is 0 Å². The van der Waals surface area contributed by atoms with Crippen LogP contribution in [0.3, 0.4) is 0 Å². The molecule has 0 bridgehead atoms. The lowest BCUT2D eigenvalue weighted by molar-refractivity contribution is -0.148. The van der Waals surface area contributed by atoms with Crippen LogP contribution in [0.1, 0.15) is 39.0 Å². The van der Waals surface area contributed by atoms with E-state index < -0.39 is 0 Å². The van der Waals surface area contributed by atoms with Crippen molar-refractivity contribution >= 4 is 23.1 Å².